The molecule has 0 N–H and O–H groups in total. The van der Waals surface area contributed by atoms with Crippen molar-refractivity contribution in [2.24, 2.45) is 5.92 Å². The minimum Gasteiger partial charge on any atom is -0.205 e. The van der Waals surface area contributed by atoms with Crippen molar-refractivity contribution >= 4 is 27.5 Å². The van der Waals surface area contributed by atoms with Crippen LogP contribution in [-0.4, -0.2) is 4.83 Å². The average molecular weight is 306 g/mol. The van der Waals surface area contributed by atoms with Gasteiger partial charge in [0.2, 0.25) is 0 Å². The molecule has 3 heteroatoms. The SMILES string of the molecule is Fc1cc(CC2CCCC(Br)C2)ccc1Cl. The molecule has 0 amide bonds. The highest BCUT2D eigenvalue weighted by molar-refractivity contribution is 9.09. The lowest BCUT2D eigenvalue weighted by Crippen LogP contribution is -2.17. The summed E-state index contributed by atoms with van der Waals surface area (Å²) in [4.78, 5) is 0.642. The van der Waals surface area contributed by atoms with Gasteiger partial charge in [0.1, 0.15) is 5.82 Å². The van der Waals surface area contributed by atoms with Crippen LogP contribution in [0.1, 0.15) is 31.2 Å². The van der Waals surface area contributed by atoms with Crippen LogP contribution in [0.2, 0.25) is 5.02 Å². The van der Waals surface area contributed by atoms with Crippen LogP contribution in [0, 0.1) is 11.7 Å². The molecule has 0 bridgehead atoms. The third-order valence-corrected chi connectivity index (χ3v) is 4.37. The maximum Gasteiger partial charge on any atom is 0.142 e. The van der Waals surface area contributed by atoms with E-state index in [0.29, 0.717) is 10.7 Å². The van der Waals surface area contributed by atoms with Gasteiger partial charge in [0.15, 0.2) is 0 Å². The van der Waals surface area contributed by atoms with Gasteiger partial charge in [-0.2, -0.15) is 0 Å². The summed E-state index contributed by atoms with van der Waals surface area (Å²) in [7, 11) is 0. The highest BCUT2D eigenvalue weighted by Gasteiger charge is 2.20. The molecular weight excluding hydrogens is 290 g/mol. The molecule has 0 nitrogen and oxygen atoms in total. The van der Waals surface area contributed by atoms with Crippen molar-refractivity contribution in [1.82, 2.24) is 0 Å². The molecule has 88 valence electrons. The van der Waals surface area contributed by atoms with E-state index >= 15 is 0 Å². The highest BCUT2D eigenvalue weighted by atomic mass is 79.9. The van der Waals surface area contributed by atoms with Crippen LogP contribution < -0.4 is 0 Å². The van der Waals surface area contributed by atoms with Gasteiger partial charge < -0.3 is 0 Å². The van der Waals surface area contributed by atoms with Crippen LogP contribution in [0.4, 0.5) is 4.39 Å². The lowest BCUT2D eigenvalue weighted by atomic mass is 9.85. The maximum atomic E-state index is 13.3. The van der Waals surface area contributed by atoms with Gasteiger partial charge in [0.05, 0.1) is 5.02 Å². The van der Waals surface area contributed by atoms with E-state index in [0.717, 1.165) is 12.0 Å². The van der Waals surface area contributed by atoms with Crippen molar-refractivity contribution in [1.29, 1.82) is 0 Å². The van der Waals surface area contributed by atoms with Gasteiger partial charge >= 0.3 is 0 Å². The first-order valence-corrected chi connectivity index (χ1v) is 7.02. The van der Waals surface area contributed by atoms with Crippen LogP contribution in [0.5, 0.6) is 0 Å². The summed E-state index contributed by atoms with van der Waals surface area (Å²) in [6.45, 7) is 0. The Balaban J connectivity index is 2.00. The normalized spacial score (nSPS) is 25.7. The molecule has 2 atom stereocenters. The maximum absolute atomic E-state index is 13.3. The summed E-state index contributed by atoms with van der Waals surface area (Å²) in [5, 5.41) is 0.214. The first-order valence-electron chi connectivity index (χ1n) is 5.73. The van der Waals surface area contributed by atoms with Crippen molar-refractivity contribution in [3.63, 3.8) is 0 Å². The second-order valence-electron chi connectivity index (χ2n) is 4.58. The fraction of sp³-hybridized carbons (Fsp3) is 0.538. The number of benzene rings is 1. The first kappa shape index (κ1) is 12.4. The number of halogens is 3. The van der Waals surface area contributed by atoms with Gasteiger partial charge in [0.25, 0.3) is 0 Å². The number of rotatable bonds is 2. The molecule has 1 aliphatic rings. The third kappa shape index (κ3) is 3.21. The van der Waals surface area contributed by atoms with Crippen molar-refractivity contribution < 1.29 is 4.39 Å². The molecule has 16 heavy (non-hydrogen) atoms. The summed E-state index contributed by atoms with van der Waals surface area (Å²) in [5.74, 6) is 0.379. The molecule has 1 aliphatic carbocycles. The van der Waals surface area contributed by atoms with Crippen molar-refractivity contribution in [2.75, 3.05) is 0 Å². The fourth-order valence-corrected chi connectivity index (χ4v) is 3.38. The lowest BCUT2D eigenvalue weighted by molar-refractivity contribution is 0.367. The fourth-order valence-electron chi connectivity index (χ4n) is 2.41. The molecule has 1 aromatic rings. The van der Waals surface area contributed by atoms with Crippen molar-refractivity contribution in [3.8, 4) is 0 Å². The Bertz CT molecular complexity index is 367. The van der Waals surface area contributed by atoms with E-state index in [9.17, 15) is 4.39 Å². The summed E-state index contributed by atoms with van der Waals surface area (Å²) in [6, 6.07) is 5.16. The van der Waals surface area contributed by atoms with Crippen LogP contribution in [0.15, 0.2) is 18.2 Å². The molecule has 0 saturated heterocycles. The van der Waals surface area contributed by atoms with Crippen molar-refractivity contribution in [2.45, 2.75) is 36.9 Å². The van der Waals surface area contributed by atoms with Gasteiger partial charge in [-0.3, -0.25) is 0 Å². The smallest absolute Gasteiger partial charge is 0.142 e. The van der Waals surface area contributed by atoms with Crippen LogP contribution >= 0.6 is 27.5 Å². The van der Waals surface area contributed by atoms with Gasteiger partial charge in [0, 0.05) is 4.83 Å². The quantitative estimate of drug-likeness (QED) is 0.676. The van der Waals surface area contributed by atoms with E-state index in [-0.39, 0.29) is 10.8 Å². The largest absolute Gasteiger partial charge is 0.205 e. The molecule has 1 saturated carbocycles. The Hall–Kier alpha value is -0.0800. The summed E-state index contributed by atoms with van der Waals surface area (Å²) >= 11 is 9.34. The van der Waals surface area contributed by atoms with Gasteiger partial charge in [-0.1, -0.05) is 46.4 Å². The van der Waals surface area contributed by atoms with Crippen molar-refractivity contribution in [3.05, 3.63) is 34.6 Å². The minimum atomic E-state index is -0.301. The van der Waals surface area contributed by atoms with E-state index in [1.54, 1.807) is 12.1 Å². The standard InChI is InChI=1S/C13H15BrClF/c14-11-3-1-2-9(7-11)6-10-4-5-12(15)13(16)8-10/h4-5,8-9,11H,1-3,6-7H2. The zero-order valence-corrected chi connectivity index (χ0v) is 11.4. The molecule has 1 aromatic carbocycles. The molecule has 2 unspecified atom stereocenters. The van der Waals surface area contributed by atoms with E-state index in [1.165, 1.54) is 25.7 Å². The molecule has 0 aliphatic heterocycles. The Morgan fingerprint density at radius 2 is 2.19 bits per heavy atom. The lowest BCUT2D eigenvalue weighted by Gasteiger charge is -2.25. The van der Waals surface area contributed by atoms with Gasteiger partial charge in [-0.15, -0.1) is 0 Å². The topological polar surface area (TPSA) is 0 Å². The second kappa shape index (κ2) is 5.50. The van der Waals surface area contributed by atoms with E-state index in [4.69, 9.17) is 11.6 Å². The van der Waals surface area contributed by atoms with Crippen LogP contribution in [-0.2, 0) is 6.42 Å². The van der Waals surface area contributed by atoms with E-state index in [2.05, 4.69) is 15.9 Å². The number of hydrogen-bond donors (Lipinski definition) is 0. The minimum absolute atomic E-state index is 0.214. The molecule has 0 heterocycles. The number of hydrogen-bond acceptors (Lipinski definition) is 0. The van der Waals surface area contributed by atoms with Gasteiger partial charge in [-0.05, 0) is 42.9 Å². The monoisotopic (exact) mass is 304 g/mol. The Kier molecular flexibility index (Phi) is 4.26. The first-order chi connectivity index (χ1) is 7.65. The van der Waals surface area contributed by atoms with E-state index < -0.39 is 0 Å². The summed E-state index contributed by atoms with van der Waals surface area (Å²) < 4.78 is 13.3. The molecule has 0 spiro atoms. The average Bonchev–Trinajstić information content (AvgIpc) is 2.24. The molecule has 2 rings (SSSR count). The molecule has 1 fully saturated rings. The molecule has 0 aromatic heterocycles. The van der Waals surface area contributed by atoms with Crippen LogP contribution in [0.25, 0.3) is 0 Å². The predicted octanol–water partition coefficient (Wildman–Crippen LogP) is 4.98. The highest BCUT2D eigenvalue weighted by Crippen LogP contribution is 2.31. The summed E-state index contributed by atoms with van der Waals surface area (Å²) in [5.41, 5.74) is 1.06. The Morgan fingerprint density at radius 3 is 2.88 bits per heavy atom. The summed E-state index contributed by atoms with van der Waals surface area (Å²) in [6.07, 6.45) is 5.97. The number of alkyl halides is 1. The Labute approximate surface area is 109 Å². The third-order valence-electron chi connectivity index (χ3n) is 3.23. The zero-order valence-electron chi connectivity index (χ0n) is 9.06. The zero-order chi connectivity index (χ0) is 11.5. The van der Waals surface area contributed by atoms with Crippen LogP contribution in [0.3, 0.4) is 0 Å². The predicted molar refractivity (Wildman–Crippen MR) is 69.8 cm³/mol. The van der Waals surface area contributed by atoms with E-state index in [1.807, 2.05) is 6.07 Å². The molecule has 0 radical (unpaired) electrons. The Morgan fingerprint density at radius 1 is 1.38 bits per heavy atom. The van der Waals surface area contributed by atoms with Gasteiger partial charge in [-0.25, -0.2) is 4.39 Å². The molecular formula is C13H15BrClF. The second-order valence-corrected chi connectivity index (χ2v) is 6.28.